The SMILES string of the molecule is Nc1ccc(CN2CC3CCC(C2)O3)nc1. The molecule has 0 aromatic carbocycles. The van der Waals surface area contributed by atoms with Crippen LogP contribution in [0.3, 0.4) is 0 Å². The summed E-state index contributed by atoms with van der Waals surface area (Å²) in [5.74, 6) is 0. The summed E-state index contributed by atoms with van der Waals surface area (Å²) in [6.45, 7) is 3.00. The highest BCUT2D eigenvalue weighted by atomic mass is 16.5. The highest BCUT2D eigenvalue weighted by molar-refractivity contribution is 5.34. The molecule has 2 fully saturated rings. The van der Waals surface area contributed by atoms with Crippen LogP contribution in [0.25, 0.3) is 0 Å². The minimum Gasteiger partial charge on any atom is -0.397 e. The largest absolute Gasteiger partial charge is 0.397 e. The van der Waals surface area contributed by atoms with Gasteiger partial charge in [0.25, 0.3) is 0 Å². The lowest BCUT2D eigenvalue weighted by atomic mass is 10.2. The summed E-state index contributed by atoms with van der Waals surface area (Å²) in [6.07, 6.45) is 5.07. The van der Waals surface area contributed by atoms with E-state index in [4.69, 9.17) is 10.5 Å². The Morgan fingerprint density at radius 2 is 2.06 bits per heavy atom. The van der Waals surface area contributed by atoms with Crippen molar-refractivity contribution in [2.75, 3.05) is 18.8 Å². The quantitative estimate of drug-likeness (QED) is 0.807. The first-order valence-corrected chi connectivity index (χ1v) is 5.88. The van der Waals surface area contributed by atoms with Gasteiger partial charge in [-0.2, -0.15) is 0 Å². The van der Waals surface area contributed by atoms with Crippen LogP contribution in [0, 0.1) is 0 Å². The summed E-state index contributed by atoms with van der Waals surface area (Å²) in [4.78, 5) is 6.77. The van der Waals surface area contributed by atoms with Crippen LogP contribution in [0.2, 0.25) is 0 Å². The summed E-state index contributed by atoms with van der Waals surface area (Å²) in [6, 6.07) is 3.92. The predicted octanol–water partition coefficient (Wildman–Crippen LogP) is 1.03. The molecule has 86 valence electrons. The van der Waals surface area contributed by atoms with Crippen LogP contribution < -0.4 is 5.73 Å². The van der Waals surface area contributed by atoms with E-state index in [0.717, 1.165) is 31.0 Å². The number of ether oxygens (including phenoxy) is 1. The number of nitrogens with two attached hydrogens (primary N) is 1. The Bertz CT molecular complexity index is 353. The van der Waals surface area contributed by atoms with Crippen LogP contribution in [-0.2, 0) is 11.3 Å². The third kappa shape index (κ3) is 2.03. The molecular weight excluding hydrogens is 202 g/mol. The second-order valence-corrected chi connectivity index (χ2v) is 4.73. The minimum atomic E-state index is 0.451. The van der Waals surface area contributed by atoms with Crippen molar-refractivity contribution in [1.29, 1.82) is 0 Å². The normalized spacial score (nSPS) is 29.5. The van der Waals surface area contributed by atoms with Crippen LogP contribution in [0.1, 0.15) is 18.5 Å². The van der Waals surface area contributed by atoms with Gasteiger partial charge in [-0.25, -0.2) is 0 Å². The van der Waals surface area contributed by atoms with Gasteiger partial charge in [-0.1, -0.05) is 0 Å². The van der Waals surface area contributed by atoms with Gasteiger partial charge >= 0.3 is 0 Å². The topological polar surface area (TPSA) is 51.4 Å². The van der Waals surface area contributed by atoms with Gasteiger partial charge in [-0.15, -0.1) is 0 Å². The van der Waals surface area contributed by atoms with Crippen molar-refractivity contribution in [3.8, 4) is 0 Å². The van der Waals surface area contributed by atoms with Gasteiger partial charge in [0.15, 0.2) is 0 Å². The molecule has 0 saturated carbocycles. The fraction of sp³-hybridized carbons (Fsp3) is 0.583. The highest BCUT2D eigenvalue weighted by Crippen LogP contribution is 2.26. The molecule has 2 aliphatic heterocycles. The lowest BCUT2D eigenvalue weighted by molar-refractivity contribution is -0.0413. The van der Waals surface area contributed by atoms with Gasteiger partial charge in [0.05, 0.1) is 29.8 Å². The molecule has 16 heavy (non-hydrogen) atoms. The number of aromatic nitrogens is 1. The number of hydrogen-bond donors (Lipinski definition) is 1. The first-order chi connectivity index (χ1) is 7.79. The van der Waals surface area contributed by atoms with Gasteiger partial charge in [0, 0.05) is 19.6 Å². The maximum Gasteiger partial charge on any atom is 0.0707 e. The van der Waals surface area contributed by atoms with Gasteiger partial charge in [0.1, 0.15) is 0 Å². The maximum atomic E-state index is 5.80. The third-order valence-corrected chi connectivity index (χ3v) is 3.35. The number of rotatable bonds is 2. The van der Waals surface area contributed by atoms with Gasteiger partial charge < -0.3 is 10.5 Å². The van der Waals surface area contributed by atoms with E-state index in [-0.39, 0.29) is 0 Å². The van der Waals surface area contributed by atoms with Gasteiger partial charge in [-0.05, 0) is 25.0 Å². The van der Waals surface area contributed by atoms with E-state index in [0.29, 0.717) is 12.2 Å². The Kier molecular flexibility index (Phi) is 2.53. The smallest absolute Gasteiger partial charge is 0.0707 e. The van der Waals surface area contributed by atoms with Crippen molar-refractivity contribution < 1.29 is 4.74 Å². The summed E-state index contributed by atoms with van der Waals surface area (Å²) in [7, 11) is 0. The molecule has 2 atom stereocenters. The number of nitrogen functional groups attached to an aromatic ring is 1. The molecule has 4 nitrogen and oxygen atoms in total. The zero-order chi connectivity index (χ0) is 11.0. The number of fused-ring (bicyclic) bond motifs is 2. The Morgan fingerprint density at radius 3 is 2.69 bits per heavy atom. The summed E-state index contributed by atoms with van der Waals surface area (Å²) in [5.41, 5.74) is 7.44. The standard InChI is InChI=1S/C12H17N3O/c13-9-1-2-10(14-5-9)6-15-7-11-3-4-12(8-15)16-11/h1-2,5,11-12H,3-4,6-8,13H2. The zero-order valence-corrected chi connectivity index (χ0v) is 9.30. The van der Waals surface area contributed by atoms with Crippen LogP contribution in [0.5, 0.6) is 0 Å². The van der Waals surface area contributed by atoms with Crippen LogP contribution in [0.15, 0.2) is 18.3 Å². The molecule has 4 heteroatoms. The second kappa shape index (κ2) is 4.03. The fourth-order valence-corrected chi connectivity index (χ4v) is 2.59. The summed E-state index contributed by atoms with van der Waals surface area (Å²) < 4.78 is 5.80. The molecule has 2 bridgehead atoms. The molecule has 0 amide bonds. The van der Waals surface area contributed by atoms with Crippen LogP contribution in [0.4, 0.5) is 5.69 Å². The van der Waals surface area contributed by atoms with Gasteiger partial charge in [-0.3, -0.25) is 9.88 Å². The maximum absolute atomic E-state index is 5.80. The first kappa shape index (κ1) is 10.1. The number of likely N-dealkylation sites (tertiary alicyclic amines) is 1. The molecule has 3 heterocycles. The molecule has 2 N–H and O–H groups in total. The molecule has 2 unspecified atom stereocenters. The lowest BCUT2D eigenvalue weighted by Gasteiger charge is -2.31. The van der Waals surface area contributed by atoms with E-state index >= 15 is 0 Å². The van der Waals surface area contributed by atoms with E-state index in [2.05, 4.69) is 9.88 Å². The van der Waals surface area contributed by atoms with Crippen molar-refractivity contribution in [3.05, 3.63) is 24.0 Å². The average Bonchev–Trinajstić information content (AvgIpc) is 2.62. The molecule has 1 aromatic rings. The van der Waals surface area contributed by atoms with E-state index in [9.17, 15) is 0 Å². The Hall–Kier alpha value is -1.13. The number of nitrogens with zero attached hydrogens (tertiary/aromatic N) is 2. The molecule has 2 saturated heterocycles. The lowest BCUT2D eigenvalue weighted by Crippen LogP contribution is -2.42. The van der Waals surface area contributed by atoms with Crippen molar-refractivity contribution in [1.82, 2.24) is 9.88 Å². The number of hydrogen-bond acceptors (Lipinski definition) is 4. The zero-order valence-electron chi connectivity index (χ0n) is 9.30. The second-order valence-electron chi connectivity index (χ2n) is 4.73. The molecular formula is C12H17N3O. The van der Waals surface area contributed by atoms with Crippen LogP contribution >= 0.6 is 0 Å². The van der Waals surface area contributed by atoms with Crippen LogP contribution in [-0.4, -0.2) is 35.2 Å². The van der Waals surface area contributed by atoms with Crippen molar-refractivity contribution >= 4 is 5.69 Å². The first-order valence-electron chi connectivity index (χ1n) is 5.88. The minimum absolute atomic E-state index is 0.451. The van der Waals surface area contributed by atoms with Crippen molar-refractivity contribution in [3.63, 3.8) is 0 Å². The monoisotopic (exact) mass is 219 g/mol. The van der Waals surface area contributed by atoms with E-state index < -0.39 is 0 Å². The highest BCUT2D eigenvalue weighted by Gasteiger charge is 2.33. The van der Waals surface area contributed by atoms with Gasteiger partial charge in [0.2, 0.25) is 0 Å². The Labute approximate surface area is 95.4 Å². The van der Waals surface area contributed by atoms with E-state index in [1.807, 2.05) is 12.1 Å². The molecule has 3 rings (SSSR count). The summed E-state index contributed by atoms with van der Waals surface area (Å²) >= 11 is 0. The predicted molar refractivity (Wildman–Crippen MR) is 61.8 cm³/mol. The van der Waals surface area contributed by atoms with E-state index in [1.165, 1.54) is 12.8 Å². The molecule has 2 aliphatic rings. The molecule has 0 aliphatic carbocycles. The van der Waals surface area contributed by atoms with Crippen molar-refractivity contribution in [2.24, 2.45) is 0 Å². The fourth-order valence-electron chi connectivity index (χ4n) is 2.59. The Morgan fingerprint density at radius 1 is 1.31 bits per heavy atom. The average molecular weight is 219 g/mol. The Balaban J connectivity index is 1.64. The number of pyridine rings is 1. The number of morpholine rings is 1. The molecule has 0 spiro atoms. The third-order valence-electron chi connectivity index (χ3n) is 3.35. The molecule has 1 aromatic heterocycles. The van der Waals surface area contributed by atoms with E-state index in [1.54, 1.807) is 6.20 Å². The van der Waals surface area contributed by atoms with Crippen molar-refractivity contribution in [2.45, 2.75) is 31.6 Å². The molecule has 0 radical (unpaired) electrons. The number of anilines is 1. The summed E-state index contributed by atoms with van der Waals surface area (Å²) in [5, 5.41) is 0.